The molecule has 0 fully saturated rings. The quantitative estimate of drug-likeness (QED) is 0.536. The average Bonchev–Trinajstić information content (AvgIpc) is 2.66. The van der Waals surface area contributed by atoms with Gasteiger partial charge in [-0.1, -0.05) is 18.2 Å². The molecule has 0 unspecified atom stereocenters. The Morgan fingerprint density at radius 2 is 1.56 bits per heavy atom. The van der Waals surface area contributed by atoms with E-state index >= 15 is 0 Å². The van der Waals surface area contributed by atoms with Crippen molar-refractivity contribution in [1.29, 1.82) is 0 Å². The third-order valence-electron chi connectivity index (χ3n) is 3.57. The molecule has 0 amide bonds. The van der Waals surface area contributed by atoms with Gasteiger partial charge in [-0.05, 0) is 42.8 Å². The smallest absolute Gasteiger partial charge is 0.203 e. The van der Waals surface area contributed by atoms with Gasteiger partial charge in [0, 0.05) is 5.56 Å². The fraction of sp³-hybridized carbons (Fsp3) is 0.250. The minimum Gasteiger partial charge on any atom is -0.494 e. The van der Waals surface area contributed by atoms with Crippen LogP contribution in [0.1, 0.15) is 22.8 Å². The molecular weight excluding hydrogens is 320 g/mol. The van der Waals surface area contributed by atoms with Gasteiger partial charge in [0.15, 0.2) is 17.3 Å². The molecule has 5 heteroatoms. The number of methoxy groups -OCH3 is 3. The van der Waals surface area contributed by atoms with Crippen LogP contribution in [0.2, 0.25) is 0 Å². The maximum atomic E-state index is 12.5. The zero-order chi connectivity index (χ0) is 18.2. The van der Waals surface area contributed by atoms with Gasteiger partial charge < -0.3 is 18.9 Å². The highest BCUT2D eigenvalue weighted by Gasteiger charge is 2.15. The monoisotopic (exact) mass is 342 g/mol. The number of hydrogen-bond donors (Lipinski definition) is 0. The van der Waals surface area contributed by atoms with Gasteiger partial charge in [-0.3, -0.25) is 4.79 Å². The Labute approximate surface area is 147 Å². The van der Waals surface area contributed by atoms with Crippen LogP contribution in [-0.4, -0.2) is 33.7 Å². The second-order valence-electron chi connectivity index (χ2n) is 5.11. The Balaban J connectivity index is 2.22. The minimum atomic E-state index is -0.159. The standard InChI is InChI=1S/C20H22O5/c1-5-25-16-9-6-14(7-10-16)8-11-17(21)15-12-18(22-2)20(24-4)19(13-15)23-3/h6-13H,5H2,1-4H3. The zero-order valence-electron chi connectivity index (χ0n) is 14.9. The first-order valence-electron chi connectivity index (χ1n) is 7.88. The Hall–Kier alpha value is -2.95. The molecule has 0 aliphatic heterocycles. The number of allylic oxidation sites excluding steroid dienone is 1. The Kier molecular flexibility index (Phi) is 6.46. The van der Waals surface area contributed by atoms with Crippen molar-refractivity contribution >= 4 is 11.9 Å². The molecule has 0 bridgehead atoms. The van der Waals surface area contributed by atoms with Crippen molar-refractivity contribution in [3.63, 3.8) is 0 Å². The maximum Gasteiger partial charge on any atom is 0.203 e. The van der Waals surface area contributed by atoms with Crippen molar-refractivity contribution in [3.8, 4) is 23.0 Å². The van der Waals surface area contributed by atoms with Crippen molar-refractivity contribution in [3.05, 3.63) is 53.6 Å². The van der Waals surface area contributed by atoms with E-state index in [4.69, 9.17) is 18.9 Å². The molecule has 0 spiro atoms. The fourth-order valence-corrected chi connectivity index (χ4v) is 2.33. The molecule has 25 heavy (non-hydrogen) atoms. The maximum absolute atomic E-state index is 12.5. The molecule has 2 rings (SSSR count). The molecule has 0 aliphatic rings. The van der Waals surface area contributed by atoms with Crippen LogP contribution in [0.15, 0.2) is 42.5 Å². The second kappa shape index (κ2) is 8.78. The van der Waals surface area contributed by atoms with Gasteiger partial charge in [0.1, 0.15) is 5.75 Å². The van der Waals surface area contributed by atoms with Crippen molar-refractivity contribution in [2.75, 3.05) is 27.9 Å². The lowest BCUT2D eigenvalue weighted by atomic mass is 10.1. The van der Waals surface area contributed by atoms with E-state index in [-0.39, 0.29) is 5.78 Å². The molecular formula is C20H22O5. The Morgan fingerprint density at radius 1 is 0.960 bits per heavy atom. The highest BCUT2D eigenvalue weighted by atomic mass is 16.5. The lowest BCUT2D eigenvalue weighted by Crippen LogP contribution is -2.00. The first-order chi connectivity index (χ1) is 12.1. The van der Waals surface area contributed by atoms with Crippen LogP contribution in [-0.2, 0) is 0 Å². The minimum absolute atomic E-state index is 0.159. The van der Waals surface area contributed by atoms with Crippen molar-refractivity contribution < 1.29 is 23.7 Å². The van der Waals surface area contributed by atoms with Gasteiger partial charge in [0.05, 0.1) is 27.9 Å². The molecule has 2 aromatic carbocycles. The fourth-order valence-electron chi connectivity index (χ4n) is 2.33. The highest BCUT2D eigenvalue weighted by molar-refractivity contribution is 6.07. The van der Waals surface area contributed by atoms with E-state index in [0.717, 1.165) is 11.3 Å². The predicted octanol–water partition coefficient (Wildman–Crippen LogP) is 4.01. The van der Waals surface area contributed by atoms with Crippen LogP contribution in [0.3, 0.4) is 0 Å². The molecule has 0 atom stereocenters. The first-order valence-corrected chi connectivity index (χ1v) is 7.88. The first kappa shape index (κ1) is 18.4. The summed E-state index contributed by atoms with van der Waals surface area (Å²) in [6, 6.07) is 10.8. The Morgan fingerprint density at radius 3 is 2.04 bits per heavy atom. The summed E-state index contributed by atoms with van der Waals surface area (Å²) in [6.07, 6.45) is 3.26. The van der Waals surface area contributed by atoms with Crippen LogP contribution in [0.5, 0.6) is 23.0 Å². The van der Waals surface area contributed by atoms with Gasteiger partial charge in [-0.15, -0.1) is 0 Å². The predicted molar refractivity (Wildman–Crippen MR) is 97.1 cm³/mol. The lowest BCUT2D eigenvalue weighted by Gasteiger charge is -2.13. The number of benzene rings is 2. The van der Waals surface area contributed by atoms with Gasteiger partial charge in [-0.25, -0.2) is 0 Å². The normalized spacial score (nSPS) is 10.6. The molecule has 0 N–H and O–H groups in total. The molecule has 0 radical (unpaired) electrons. The van der Waals surface area contributed by atoms with Crippen LogP contribution in [0.25, 0.3) is 6.08 Å². The van der Waals surface area contributed by atoms with Gasteiger partial charge in [0.25, 0.3) is 0 Å². The summed E-state index contributed by atoms with van der Waals surface area (Å²) in [5, 5.41) is 0. The van der Waals surface area contributed by atoms with Crippen LogP contribution >= 0.6 is 0 Å². The zero-order valence-corrected chi connectivity index (χ0v) is 14.9. The number of rotatable bonds is 8. The van der Waals surface area contributed by atoms with E-state index < -0.39 is 0 Å². The topological polar surface area (TPSA) is 54.0 Å². The molecule has 0 aliphatic carbocycles. The van der Waals surface area contributed by atoms with Crippen LogP contribution < -0.4 is 18.9 Å². The average molecular weight is 342 g/mol. The number of carbonyl (C=O) groups is 1. The third-order valence-corrected chi connectivity index (χ3v) is 3.57. The molecule has 0 saturated carbocycles. The number of ketones is 1. The van der Waals surface area contributed by atoms with Crippen molar-refractivity contribution in [2.45, 2.75) is 6.92 Å². The number of carbonyl (C=O) groups excluding carboxylic acids is 1. The SMILES string of the molecule is CCOc1ccc(C=CC(=O)c2cc(OC)c(OC)c(OC)c2)cc1. The highest BCUT2D eigenvalue weighted by Crippen LogP contribution is 2.38. The van der Waals surface area contributed by atoms with E-state index in [1.54, 1.807) is 18.2 Å². The largest absolute Gasteiger partial charge is 0.494 e. The summed E-state index contributed by atoms with van der Waals surface area (Å²) < 4.78 is 21.2. The summed E-state index contributed by atoms with van der Waals surface area (Å²) in [4.78, 5) is 12.5. The summed E-state index contributed by atoms with van der Waals surface area (Å²) in [5.41, 5.74) is 1.36. The van der Waals surface area contributed by atoms with E-state index in [1.807, 2.05) is 31.2 Å². The van der Waals surface area contributed by atoms with Gasteiger partial charge in [0.2, 0.25) is 5.75 Å². The third kappa shape index (κ3) is 4.53. The summed E-state index contributed by atoms with van der Waals surface area (Å²) >= 11 is 0. The molecule has 132 valence electrons. The Bertz CT molecular complexity index is 722. The molecule has 5 nitrogen and oxygen atoms in total. The van der Waals surface area contributed by atoms with Crippen LogP contribution in [0.4, 0.5) is 0 Å². The number of ether oxygens (including phenoxy) is 4. The molecule has 0 saturated heterocycles. The summed E-state index contributed by atoms with van der Waals surface area (Å²) in [6.45, 7) is 2.55. The van der Waals surface area contributed by atoms with Crippen molar-refractivity contribution in [2.24, 2.45) is 0 Å². The van der Waals surface area contributed by atoms with Crippen LogP contribution in [0, 0.1) is 0 Å². The summed E-state index contributed by atoms with van der Waals surface area (Å²) in [5.74, 6) is 1.99. The van der Waals surface area contributed by atoms with E-state index in [9.17, 15) is 4.79 Å². The van der Waals surface area contributed by atoms with E-state index in [2.05, 4.69) is 0 Å². The molecule has 2 aromatic rings. The van der Waals surface area contributed by atoms with Crippen molar-refractivity contribution in [1.82, 2.24) is 0 Å². The van der Waals surface area contributed by atoms with E-state index in [0.29, 0.717) is 29.4 Å². The summed E-state index contributed by atoms with van der Waals surface area (Å²) in [7, 11) is 4.55. The van der Waals surface area contributed by atoms with E-state index in [1.165, 1.54) is 27.4 Å². The molecule has 0 aromatic heterocycles. The molecule has 0 heterocycles. The number of hydrogen-bond acceptors (Lipinski definition) is 5. The van der Waals surface area contributed by atoms with Gasteiger partial charge in [-0.2, -0.15) is 0 Å². The second-order valence-corrected chi connectivity index (χ2v) is 5.11. The lowest BCUT2D eigenvalue weighted by molar-refractivity contribution is 0.104. The van der Waals surface area contributed by atoms with Gasteiger partial charge >= 0.3 is 0 Å².